The van der Waals surface area contributed by atoms with E-state index in [-0.39, 0.29) is 27.4 Å². The summed E-state index contributed by atoms with van der Waals surface area (Å²) in [5.74, 6) is -2.28. The second-order valence-corrected chi connectivity index (χ2v) is 5.26. The van der Waals surface area contributed by atoms with Crippen LogP contribution in [0.5, 0.6) is 0 Å². The lowest BCUT2D eigenvalue weighted by atomic mass is 10.1. The van der Waals surface area contributed by atoms with Crippen molar-refractivity contribution in [1.29, 1.82) is 0 Å². The van der Waals surface area contributed by atoms with Crippen molar-refractivity contribution in [3.8, 4) is 0 Å². The number of carbonyl (C=O) groups is 3. The first-order valence-electron chi connectivity index (χ1n) is 6.63. The van der Waals surface area contributed by atoms with E-state index in [1.807, 2.05) is 0 Å². The van der Waals surface area contributed by atoms with Crippen LogP contribution in [0.2, 0.25) is 5.02 Å². The number of non-ortho nitro benzene ring substituents is 1. The lowest BCUT2D eigenvalue weighted by Crippen LogP contribution is -2.45. The number of nitro benzene ring substituents is 1. The molecule has 0 saturated carbocycles. The summed E-state index contributed by atoms with van der Waals surface area (Å²) in [6.07, 6.45) is 0. The number of nitrogens with zero attached hydrogens (tertiary/aromatic N) is 2. The summed E-state index contributed by atoms with van der Waals surface area (Å²) >= 11 is 5.87. The lowest BCUT2D eigenvalue weighted by molar-refractivity contribution is -0.384. The Kier molecular flexibility index (Phi) is 3.74. The maximum absolute atomic E-state index is 12.3. The van der Waals surface area contributed by atoms with Crippen LogP contribution < -0.4 is 5.43 Å². The fraction of sp³-hybridized carbons (Fsp3) is 0. The highest BCUT2D eigenvalue weighted by Gasteiger charge is 2.37. The zero-order chi connectivity index (χ0) is 17.4. The van der Waals surface area contributed by atoms with E-state index in [1.165, 1.54) is 18.2 Å². The minimum Gasteiger partial charge on any atom is -0.267 e. The standard InChI is InChI=1S/C15H8ClN3O5/c16-12-6-5-8(19(23)24)7-11(12)13(20)17-18-14(21)9-3-1-2-4-10(9)15(18)22/h1-7H,(H,17,20). The molecule has 24 heavy (non-hydrogen) atoms. The third kappa shape index (κ3) is 2.48. The largest absolute Gasteiger partial charge is 0.280 e. The predicted molar refractivity (Wildman–Crippen MR) is 82.5 cm³/mol. The first kappa shape index (κ1) is 15.6. The van der Waals surface area contributed by atoms with Gasteiger partial charge in [0.2, 0.25) is 0 Å². The molecule has 0 atom stereocenters. The monoisotopic (exact) mass is 345 g/mol. The third-order valence-corrected chi connectivity index (χ3v) is 3.74. The first-order chi connectivity index (χ1) is 11.4. The molecule has 3 rings (SSSR count). The van der Waals surface area contributed by atoms with E-state index in [4.69, 9.17) is 11.6 Å². The van der Waals surface area contributed by atoms with Crippen molar-refractivity contribution in [2.75, 3.05) is 0 Å². The molecule has 0 fully saturated rings. The molecule has 0 aromatic heterocycles. The van der Waals surface area contributed by atoms with E-state index in [0.29, 0.717) is 5.01 Å². The fourth-order valence-corrected chi connectivity index (χ4v) is 2.46. The molecule has 9 heteroatoms. The first-order valence-corrected chi connectivity index (χ1v) is 7.00. The number of hydrazine groups is 1. The predicted octanol–water partition coefficient (Wildman–Crippen LogP) is 2.19. The molecule has 120 valence electrons. The van der Waals surface area contributed by atoms with Gasteiger partial charge >= 0.3 is 0 Å². The summed E-state index contributed by atoms with van der Waals surface area (Å²) in [7, 11) is 0. The normalized spacial score (nSPS) is 13.0. The van der Waals surface area contributed by atoms with Crippen molar-refractivity contribution in [2.45, 2.75) is 0 Å². The number of nitrogens with one attached hydrogen (secondary N) is 1. The van der Waals surface area contributed by atoms with Crippen LogP contribution in [0.1, 0.15) is 31.1 Å². The number of carbonyl (C=O) groups excluding carboxylic acids is 3. The van der Waals surface area contributed by atoms with Gasteiger partial charge in [-0.1, -0.05) is 23.7 Å². The minimum atomic E-state index is -0.904. The molecule has 1 N–H and O–H groups in total. The Bertz CT molecular complexity index is 877. The number of halogens is 1. The minimum absolute atomic E-state index is 0.0466. The van der Waals surface area contributed by atoms with Gasteiger partial charge in [-0.05, 0) is 18.2 Å². The van der Waals surface area contributed by atoms with Crippen LogP contribution >= 0.6 is 11.6 Å². The highest BCUT2D eigenvalue weighted by atomic mass is 35.5. The Morgan fingerprint density at radius 2 is 1.67 bits per heavy atom. The van der Waals surface area contributed by atoms with Crippen molar-refractivity contribution in [3.63, 3.8) is 0 Å². The lowest BCUT2D eigenvalue weighted by Gasteiger charge is -2.15. The number of rotatable bonds is 3. The molecule has 3 amide bonds. The molecule has 1 aliphatic rings. The number of fused-ring (bicyclic) bond motifs is 1. The molecular weight excluding hydrogens is 338 g/mol. The molecular formula is C15H8ClN3O5. The van der Waals surface area contributed by atoms with Gasteiger partial charge in [-0.15, -0.1) is 0 Å². The van der Waals surface area contributed by atoms with Gasteiger partial charge in [-0.3, -0.25) is 29.9 Å². The maximum Gasteiger partial charge on any atom is 0.280 e. The summed E-state index contributed by atoms with van der Waals surface area (Å²) in [5.41, 5.74) is 1.90. The van der Waals surface area contributed by atoms with Gasteiger partial charge in [0.15, 0.2) is 0 Å². The Labute approximate surface area is 139 Å². The molecule has 1 aliphatic heterocycles. The maximum atomic E-state index is 12.3. The topological polar surface area (TPSA) is 110 Å². The molecule has 0 bridgehead atoms. The molecule has 2 aromatic carbocycles. The van der Waals surface area contributed by atoms with Crippen LogP contribution in [-0.4, -0.2) is 27.7 Å². The summed E-state index contributed by atoms with van der Waals surface area (Å²) in [4.78, 5) is 46.8. The Morgan fingerprint density at radius 1 is 1.08 bits per heavy atom. The van der Waals surface area contributed by atoms with Gasteiger partial charge in [0, 0.05) is 12.1 Å². The Hall–Kier alpha value is -3.26. The van der Waals surface area contributed by atoms with Crippen molar-refractivity contribution in [3.05, 3.63) is 74.3 Å². The highest BCUT2D eigenvalue weighted by molar-refractivity contribution is 6.34. The van der Waals surface area contributed by atoms with Crippen LogP contribution in [0, 0.1) is 10.1 Å². The molecule has 0 spiro atoms. The molecule has 0 unspecified atom stereocenters. The van der Waals surface area contributed by atoms with E-state index in [1.54, 1.807) is 12.1 Å². The number of hydrogen-bond acceptors (Lipinski definition) is 5. The third-order valence-electron chi connectivity index (χ3n) is 3.41. The van der Waals surface area contributed by atoms with Crippen molar-refractivity contribution in [1.82, 2.24) is 10.4 Å². The summed E-state index contributed by atoms with van der Waals surface area (Å²) in [6.45, 7) is 0. The average molecular weight is 346 g/mol. The van der Waals surface area contributed by atoms with Gasteiger partial charge in [0.1, 0.15) is 0 Å². The smallest absolute Gasteiger partial charge is 0.267 e. The summed E-state index contributed by atoms with van der Waals surface area (Å²) < 4.78 is 0. The zero-order valence-electron chi connectivity index (χ0n) is 11.9. The molecule has 8 nitrogen and oxygen atoms in total. The summed E-state index contributed by atoms with van der Waals surface area (Å²) in [5, 5.41) is 11.3. The fourth-order valence-electron chi connectivity index (χ4n) is 2.25. The SMILES string of the molecule is O=C(NN1C(=O)c2ccccc2C1=O)c1cc([N+](=O)[O-])ccc1Cl. The second-order valence-electron chi connectivity index (χ2n) is 4.85. The van der Waals surface area contributed by atoms with E-state index in [2.05, 4.69) is 5.43 Å². The Balaban J connectivity index is 1.89. The van der Waals surface area contributed by atoms with E-state index >= 15 is 0 Å². The van der Waals surface area contributed by atoms with Gasteiger partial charge in [0.05, 0.1) is 26.6 Å². The number of amides is 3. The summed E-state index contributed by atoms with van der Waals surface area (Å²) in [6, 6.07) is 9.40. The van der Waals surface area contributed by atoms with Crippen molar-refractivity contribution < 1.29 is 19.3 Å². The average Bonchev–Trinajstić information content (AvgIpc) is 2.80. The van der Waals surface area contributed by atoms with Gasteiger partial charge < -0.3 is 0 Å². The van der Waals surface area contributed by atoms with Crippen LogP contribution in [0.4, 0.5) is 5.69 Å². The highest BCUT2D eigenvalue weighted by Crippen LogP contribution is 2.24. The Morgan fingerprint density at radius 3 is 2.21 bits per heavy atom. The van der Waals surface area contributed by atoms with Crippen LogP contribution in [0.25, 0.3) is 0 Å². The van der Waals surface area contributed by atoms with Crippen molar-refractivity contribution in [2.24, 2.45) is 0 Å². The molecule has 0 aliphatic carbocycles. The molecule has 2 aromatic rings. The number of hydrogen-bond donors (Lipinski definition) is 1. The van der Waals surface area contributed by atoms with Crippen LogP contribution in [0.3, 0.4) is 0 Å². The van der Waals surface area contributed by atoms with E-state index in [9.17, 15) is 24.5 Å². The molecule has 1 heterocycles. The van der Waals surface area contributed by atoms with Crippen LogP contribution in [0.15, 0.2) is 42.5 Å². The van der Waals surface area contributed by atoms with Crippen LogP contribution in [-0.2, 0) is 0 Å². The van der Waals surface area contributed by atoms with Gasteiger partial charge in [-0.2, -0.15) is 5.01 Å². The number of imide groups is 1. The second kappa shape index (κ2) is 5.74. The molecule has 0 saturated heterocycles. The molecule has 0 radical (unpaired) electrons. The zero-order valence-corrected chi connectivity index (χ0v) is 12.6. The van der Waals surface area contributed by atoms with E-state index in [0.717, 1.165) is 12.1 Å². The number of nitro groups is 1. The van der Waals surface area contributed by atoms with Crippen molar-refractivity contribution >= 4 is 35.0 Å². The van der Waals surface area contributed by atoms with E-state index < -0.39 is 22.6 Å². The number of benzene rings is 2. The van der Waals surface area contributed by atoms with Gasteiger partial charge in [0.25, 0.3) is 23.4 Å². The van der Waals surface area contributed by atoms with Gasteiger partial charge in [-0.25, -0.2) is 0 Å². The quantitative estimate of drug-likeness (QED) is 0.521.